The first-order chi connectivity index (χ1) is 7.52. The molecular formula is C9H12ClN3O2S. The molecule has 1 aromatic heterocycles. The minimum Gasteiger partial charge on any atom is -0.329 e. The molecule has 0 radical (unpaired) electrons. The van der Waals surface area contributed by atoms with Crippen molar-refractivity contribution in [3.05, 3.63) is 16.1 Å². The fourth-order valence-electron chi connectivity index (χ4n) is 1.03. The van der Waals surface area contributed by atoms with Crippen LogP contribution in [0.1, 0.15) is 23.7 Å². The number of alkyl halides is 1. The molecule has 16 heavy (non-hydrogen) atoms. The van der Waals surface area contributed by atoms with E-state index < -0.39 is 11.9 Å². The zero-order valence-electron chi connectivity index (χ0n) is 8.91. The minimum atomic E-state index is -0.564. The highest BCUT2D eigenvalue weighted by atomic mass is 35.5. The van der Waals surface area contributed by atoms with Crippen molar-refractivity contribution in [2.24, 2.45) is 0 Å². The Balaban J connectivity index is 2.48. The first-order valence-corrected chi connectivity index (χ1v) is 6.02. The molecule has 0 fully saturated rings. The number of thiazole rings is 1. The molecule has 0 aliphatic heterocycles. The van der Waals surface area contributed by atoms with Crippen molar-refractivity contribution < 1.29 is 9.59 Å². The maximum absolute atomic E-state index is 11.3. The van der Waals surface area contributed by atoms with Crippen molar-refractivity contribution in [3.63, 3.8) is 0 Å². The third-order valence-corrected chi connectivity index (χ3v) is 3.12. The van der Waals surface area contributed by atoms with Gasteiger partial charge in [-0.15, -0.1) is 22.9 Å². The van der Waals surface area contributed by atoms with Gasteiger partial charge in [-0.1, -0.05) is 0 Å². The summed E-state index contributed by atoms with van der Waals surface area (Å²) in [6.07, 6.45) is 0. The van der Waals surface area contributed by atoms with E-state index in [1.165, 1.54) is 11.3 Å². The predicted octanol–water partition coefficient (Wildman–Crippen LogP) is 1.58. The zero-order chi connectivity index (χ0) is 12.1. The van der Waals surface area contributed by atoms with Crippen molar-refractivity contribution in [2.45, 2.75) is 19.9 Å². The number of nitrogens with one attached hydrogen (secondary N) is 2. The molecule has 7 heteroatoms. The Kier molecular flexibility index (Phi) is 4.70. The van der Waals surface area contributed by atoms with Gasteiger partial charge in [-0.25, -0.2) is 9.78 Å². The first-order valence-electron chi connectivity index (χ1n) is 4.61. The van der Waals surface area contributed by atoms with Gasteiger partial charge in [-0.05, 0) is 13.8 Å². The molecule has 1 rings (SSSR count). The molecule has 5 nitrogen and oxygen atoms in total. The molecule has 0 aromatic carbocycles. The van der Waals surface area contributed by atoms with Crippen LogP contribution in [-0.4, -0.2) is 22.8 Å². The second-order valence-electron chi connectivity index (χ2n) is 3.20. The molecule has 0 saturated carbocycles. The number of hydrogen-bond acceptors (Lipinski definition) is 4. The Labute approximate surface area is 102 Å². The van der Waals surface area contributed by atoms with Crippen LogP contribution < -0.4 is 10.6 Å². The third-order valence-electron chi connectivity index (χ3n) is 1.73. The summed E-state index contributed by atoms with van der Waals surface area (Å²) in [7, 11) is 0. The zero-order valence-corrected chi connectivity index (χ0v) is 10.5. The molecule has 0 aliphatic carbocycles. The summed E-state index contributed by atoms with van der Waals surface area (Å²) in [6.45, 7) is 3.67. The maximum atomic E-state index is 11.3. The van der Waals surface area contributed by atoms with Crippen LogP contribution in [0.3, 0.4) is 0 Å². The number of halogens is 1. The Bertz CT molecular complexity index is 394. The number of carbonyl (C=O) groups excluding carboxylic acids is 2. The number of nitrogens with zero attached hydrogens (tertiary/aromatic N) is 1. The van der Waals surface area contributed by atoms with Gasteiger partial charge < -0.3 is 5.32 Å². The van der Waals surface area contributed by atoms with Gasteiger partial charge in [0.15, 0.2) is 0 Å². The largest absolute Gasteiger partial charge is 0.329 e. The van der Waals surface area contributed by atoms with Gasteiger partial charge in [0.2, 0.25) is 5.91 Å². The fourth-order valence-corrected chi connectivity index (χ4v) is 1.90. The maximum Gasteiger partial charge on any atom is 0.322 e. The van der Waals surface area contributed by atoms with Crippen LogP contribution in [-0.2, 0) is 4.79 Å². The predicted molar refractivity (Wildman–Crippen MR) is 62.7 cm³/mol. The van der Waals surface area contributed by atoms with Crippen LogP contribution in [0.4, 0.5) is 4.79 Å². The van der Waals surface area contributed by atoms with Crippen LogP contribution in [0.5, 0.6) is 0 Å². The van der Waals surface area contributed by atoms with Gasteiger partial charge in [0.05, 0.1) is 6.04 Å². The molecule has 0 bridgehead atoms. The molecule has 1 aromatic rings. The minimum absolute atomic E-state index is 0.234. The van der Waals surface area contributed by atoms with Crippen molar-refractivity contribution in [2.75, 3.05) is 5.88 Å². The van der Waals surface area contributed by atoms with E-state index in [-0.39, 0.29) is 11.9 Å². The molecule has 88 valence electrons. The molecule has 1 unspecified atom stereocenters. The number of rotatable bonds is 3. The lowest BCUT2D eigenvalue weighted by Gasteiger charge is -2.10. The summed E-state index contributed by atoms with van der Waals surface area (Å²) in [4.78, 5) is 26.3. The smallest absolute Gasteiger partial charge is 0.322 e. The normalized spacial score (nSPS) is 11.9. The standard InChI is InChI=1S/C9H12ClN3O2S/c1-5-4-16-8(11-5)6(2)12-9(15)13-7(14)3-10/h4,6H,3H2,1-2H3,(H2,12,13,14,15). The molecule has 0 spiro atoms. The van der Waals surface area contributed by atoms with Gasteiger partial charge >= 0.3 is 6.03 Å². The Morgan fingerprint density at radius 2 is 2.31 bits per heavy atom. The Morgan fingerprint density at radius 3 is 2.81 bits per heavy atom. The SMILES string of the molecule is Cc1csc(C(C)NC(=O)NC(=O)CCl)n1. The fraction of sp³-hybridized carbons (Fsp3) is 0.444. The Morgan fingerprint density at radius 1 is 1.62 bits per heavy atom. The third kappa shape index (κ3) is 3.79. The highest BCUT2D eigenvalue weighted by Gasteiger charge is 2.13. The van der Waals surface area contributed by atoms with Crippen molar-refractivity contribution >= 4 is 34.9 Å². The lowest BCUT2D eigenvalue weighted by atomic mass is 10.3. The average Bonchev–Trinajstić information content (AvgIpc) is 2.64. The highest BCUT2D eigenvalue weighted by Crippen LogP contribution is 2.16. The van der Waals surface area contributed by atoms with Crippen LogP contribution in [0.2, 0.25) is 0 Å². The quantitative estimate of drug-likeness (QED) is 0.812. The summed E-state index contributed by atoms with van der Waals surface area (Å²) in [5.74, 6) is -0.764. The summed E-state index contributed by atoms with van der Waals surface area (Å²) in [6, 6.07) is -0.798. The highest BCUT2D eigenvalue weighted by molar-refractivity contribution is 7.09. The molecule has 1 atom stereocenters. The van der Waals surface area contributed by atoms with E-state index in [0.29, 0.717) is 0 Å². The number of carbonyl (C=O) groups is 2. The van der Waals surface area contributed by atoms with E-state index in [4.69, 9.17) is 11.6 Å². The summed E-state index contributed by atoms with van der Waals surface area (Å²) >= 11 is 6.71. The first kappa shape index (κ1) is 12.9. The van der Waals surface area contributed by atoms with E-state index in [9.17, 15) is 9.59 Å². The van der Waals surface area contributed by atoms with Crippen molar-refractivity contribution in [1.29, 1.82) is 0 Å². The van der Waals surface area contributed by atoms with Crippen LogP contribution in [0.25, 0.3) is 0 Å². The lowest BCUT2D eigenvalue weighted by molar-refractivity contribution is -0.117. The Hall–Kier alpha value is -1.14. The number of amides is 3. The van der Waals surface area contributed by atoms with E-state index in [1.807, 2.05) is 12.3 Å². The summed E-state index contributed by atoms with van der Waals surface area (Å²) in [5, 5.41) is 7.38. The molecule has 2 N–H and O–H groups in total. The van der Waals surface area contributed by atoms with E-state index in [2.05, 4.69) is 15.6 Å². The number of urea groups is 1. The summed E-state index contributed by atoms with van der Waals surface area (Å²) in [5.41, 5.74) is 0.908. The number of aryl methyl sites for hydroxylation is 1. The monoisotopic (exact) mass is 261 g/mol. The van der Waals surface area contributed by atoms with E-state index in [0.717, 1.165) is 10.7 Å². The molecule has 0 saturated heterocycles. The van der Waals surface area contributed by atoms with Crippen LogP contribution >= 0.6 is 22.9 Å². The van der Waals surface area contributed by atoms with Gasteiger partial charge in [0, 0.05) is 11.1 Å². The van der Waals surface area contributed by atoms with Crippen LogP contribution in [0.15, 0.2) is 5.38 Å². The molecule has 1 heterocycles. The number of imide groups is 1. The number of hydrogen-bond donors (Lipinski definition) is 2. The average molecular weight is 262 g/mol. The molecular weight excluding hydrogens is 250 g/mol. The van der Waals surface area contributed by atoms with Gasteiger partial charge in [0.1, 0.15) is 10.9 Å². The number of aromatic nitrogens is 1. The van der Waals surface area contributed by atoms with Crippen molar-refractivity contribution in [1.82, 2.24) is 15.6 Å². The molecule has 0 aliphatic rings. The summed E-state index contributed by atoms with van der Waals surface area (Å²) < 4.78 is 0. The van der Waals surface area contributed by atoms with Crippen molar-refractivity contribution in [3.8, 4) is 0 Å². The van der Waals surface area contributed by atoms with Gasteiger partial charge in [-0.3, -0.25) is 10.1 Å². The topological polar surface area (TPSA) is 71.1 Å². The second-order valence-corrected chi connectivity index (χ2v) is 4.36. The van der Waals surface area contributed by atoms with Crippen LogP contribution in [0, 0.1) is 6.92 Å². The van der Waals surface area contributed by atoms with Gasteiger partial charge in [0.25, 0.3) is 0 Å². The van der Waals surface area contributed by atoms with E-state index in [1.54, 1.807) is 6.92 Å². The molecule has 3 amide bonds. The second kappa shape index (κ2) is 5.81. The van der Waals surface area contributed by atoms with E-state index >= 15 is 0 Å². The van der Waals surface area contributed by atoms with Gasteiger partial charge in [-0.2, -0.15) is 0 Å². The lowest BCUT2D eigenvalue weighted by Crippen LogP contribution is -2.41.